The lowest BCUT2D eigenvalue weighted by atomic mass is 10.1. The Morgan fingerprint density at radius 3 is 1.73 bits per heavy atom. The van der Waals surface area contributed by atoms with Crippen LogP contribution in [0.15, 0.2) is 48.5 Å². The predicted octanol–water partition coefficient (Wildman–Crippen LogP) is 3.14. The first-order chi connectivity index (χ1) is 7.29. The maximum Gasteiger partial charge on any atom is 0.363 e. The van der Waals surface area contributed by atoms with Crippen LogP contribution in [0, 0.1) is 5.82 Å². The second kappa shape index (κ2) is 4.33. The zero-order chi connectivity index (χ0) is 10.7. The van der Waals surface area contributed by atoms with Crippen molar-refractivity contribution in [3.63, 3.8) is 0 Å². The van der Waals surface area contributed by atoms with Gasteiger partial charge in [0.1, 0.15) is 5.82 Å². The Bertz CT molecular complexity index is 462. The normalized spacial score (nSPS) is 10.5. The fraction of sp³-hybridized carbons (Fsp3) is 0. The Labute approximate surface area is 88.8 Å². The molecule has 1 atom stereocenters. The van der Waals surface area contributed by atoms with Gasteiger partial charge < -0.3 is 0 Å². The van der Waals surface area contributed by atoms with E-state index >= 15 is 0 Å². The molecule has 0 aliphatic rings. The molecule has 0 aromatic heterocycles. The van der Waals surface area contributed by atoms with Gasteiger partial charge in [-0.05, 0) is 47.5 Å². The Balaban J connectivity index is 2.37. The van der Waals surface area contributed by atoms with Crippen LogP contribution in [-0.4, -0.2) is 0 Å². The second-order valence-corrected chi connectivity index (χ2v) is 3.97. The first kappa shape index (κ1) is 10.0. The van der Waals surface area contributed by atoms with Crippen LogP contribution >= 0.6 is 8.46 Å². The number of benzene rings is 2. The maximum atomic E-state index is 12.7. The summed E-state index contributed by atoms with van der Waals surface area (Å²) in [5, 5.41) is 0.792. The molecule has 0 spiro atoms. The zero-order valence-electron chi connectivity index (χ0n) is 7.91. The lowest BCUT2D eigenvalue weighted by molar-refractivity contribution is 0.603. The van der Waals surface area contributed by atoms with Crippen molar-refractivity contribution in [3.8, 4) is 11.1 Å². The van der Waals surface area contributed by atoms with E-state index < -0.39 is 8.46 Å². The van der Waals surface area contributed by atoms with Crippen molar-refractivity contribution in [1.82, 2.24) is 0 Å². The van der Waals surface area contributed by atoms with Crippen molar-refractivity contribution < 1.29 is 8.96 Å². The summed E-state index contributed by atoms with van der Waals surface area (Å²) in [5.41, 5.74) is 1.95. The molecule has 15 heavy (non-hydrogen) atoms. The van der Waals surface area contributed by atoms with E-state index in [-0.39, 0.29) is 5.82 Å². The second-order valence-electron chi connectivity index (χ2n) is 3.19. The van der Waals surface area contributed by atoms with E-state index in [1.54, 1.807) is 12.1 Å². The van der Waals surface area contributed by atoms with E-state index in [0.717, 1.165) is 16.4 Å². The highest BCUT2D eigenvalue weighted by Crippen LogP contribution is 2.18. The third kappa shape index (κ3) is 2.28. The molecule has 0 heterocycles. The monoisotopic (exact) mass is 219 g/mol. The molecule has 1 nitrogen and oxygen atoms in total. The zero-order valence-corrected chi connectivity index (χ0v) is 8.91. The summed E-state index contributed by atoms with van der Waals surface area (Å²) >= 11 is 0. The van der Waals surface area contributed by atoms with Crippen molar-refractivity contribution in [2.75, 3.05) is 0 Å². The van der Waals surface area contributed by atoms with E-state index in [4.69, 9.17) is 0 Å². The van der Waals surface area contributed by atoms with Crippen molar-refractivity contribution in [1.29, 1.82) is 0 Å². The van der Waals surface area contributed by atoms with Crippen molar-refractivity contribution in [3.05, 3.63) is 54.3 Å². The Kier molecular flexibility index (Phi) is 2.89. The largest absolute Gasteiger partial charge is 0.363 e. The summed E-state index contributed by atoms with van der Waals surface area (Å²) in [7, 11) is -0.428. The summed E-state index contributed by atoms with van der Waals surface area (Å²) < 4.78 is 23.3. The molecule has 0 saturated carbocycles. The molecule has 0 bridgehead atoms. The standard InChI is InChI=1S/C12H8FOP/c13-11-5-1-9(2-6-11)10-3-7-12(15-14)8-4-10/h1-8H/p+1. The number of hydrogen-bond donors (Lipinski definition) is 0. The Morgan fingerprint density at radius 2 is 1.27 bits per heavy atom. The maximum absolute atomic E-state index is 12.7. The minimum atomic E-state index is -0.428. The molecule has 0 saturated heterocycles. The van der Waals surface area contributed by atoms with Crippen LogP contribution in [0.1, 0.15) is 0 Å². The molecule has 0 fully saturated rings. The van der Waals surface area contributed by atoms with Crippen LogP contribution in [0.25, 0.3) is 11.1 Å². The topological polar surface area (TPSA) is 17.1 Å². The molecule has 0 aliphatic carbocycles. The van der Waals surface area contributed by atoms with Crippen LogP contribution < -0.4 is 5.30 Å². The van der Waals surface area contributed by atoms with Gasteiger partial charge in [0.2, 0.25) is 0 Å². The van der Waals surface area contributed by atoms with E-state index in [9.17, 15) is 8.96 Å². The van der Waals surface area contributed by atoms with Gasteiger partial charge in [-0.3, -0.25) is 0 Å². The molecule has 0 aliphatic heterocycles. The number of hydrogen-bond acceptors (Lipinski definition) is 1. The van der Waals surface area contributed by atoms with Crippen molar-refractivity contribution in [2.24, 2.45) is 0 Å². The van der Waals surface area contributed by atoms with Crippen LogP contribution in [0.2, 0.25) is 0 Å². The highest BCUT2D eigenvalue weighted by molar-refractivity contribution is 7.34. The molecule has 0 N–H and O–H groups in total. The quantitative estimate of drug-likeness (QED) is 0.709. The van der Waals surface area contributed by atoms with Gasteiger partial charge in [0, 0.05) is 0 Å². The van der Waals surface area contributed by atoms with Crippen LogP contribution in [0.5, 0.6) is 0 Å². The molecule has 0 radical (unpaired) electrons. The first-order valence-corrected chi connectivity index (χ1v) is 5.44. The summed E-state index contributed by atoms with van der Waals surface area (Å²) in [4.78, 5) is 0. The van der Waals surface area contributed by atoms with Crippen molar-refractivity contribution in [2.45, 2.75) is 0 Å². The van der Waals surface area contributed by atoms with Gasteiger partial charge >= 0.3 is 8.46 Å². The van der Waals surface area contributed by atoms with Crippen LogP contribution in [0.3, 0.4) is 0 Å². The number of rotatable bonds is 2. The molecule has 2 aromatic rings. The third-order valence-corrected chi connectivity index (χ3v) is 2.75. The van der Waals surface area contributed by atoms with Gasteiger partial charge in [0.15, 0.2) is 5.30 Å². The summed E-state index contributed by atoms with van der Waals surface area (Å²) in [6.07, 6.45) is 0. The highest BCUT2D eigenvalue weighted by Gasteiger charge is 2.01. The summed E-state index contributed by atoms with van der Waals surface area (Å²) in [6.45, 7) is 0. The summed E-state index contributed by atoms with van der Waals surface area (Å²) in [5.74, 6) is -0.239. The minimum Gasteiger partial charge on any atom is -0.207 e. The van der Waals surface area contributed by atoms with E-state index in [1.165, 1.54) is 12.1 Å². The van der Waals surface area contributed by atoms with Crippen LogP contribution in [-0.2, 0) is 4.57 Å². The Hall–Kier alpha value is -1.53. The van der Waals surface area contributed by atoms with Gasteiger partial charge in [-0.1, -0.05) is 16.7 Å². The first-order valence-electron chi connectivity index (χ1n) is 4.54. The van der Waals surface area contributed by atoms with Crippen molar-refractivity contribution >= 4 is 13.8 Å². The van der Waals surface area contributed by atoms with Crippen LogP contribution in [0.4, 0.5) is 4.39 Å². The Morgan fingerprint density at radius 1 is 0.800 bits per heavy atom. The van der Waals surface area contributed by atoms with Gasteiger partial charge in [-0.15, -0.1) is 0 Å². The SMILES string of the molecule is O=[PH+]c1ccc(-c2ccc(F)cc2)cc1. The minimum absolute atomic E-state index is 0.239. The average molecular weight is 219 g/mol. The lowest BCUT2D eigenvalue weighted by Gasteiger charge is -1.99. The molecular formula is C12H9FOP+. The highest BCUT2D eigenvalue weighted by atomic mass is 31.1. The third-order valence-electron chi connectivity index (χ3n) is 2.18. The van der Waals surface area contributed by atoms with Gasteiger partial charge in [-0.25, -0.2) is 4.39 Å². The lowest BCUT2D eigenvalue weighted by Crippen LogP contribution is -1.89. The van der Waals surface area contributed by atoms with E-state index in [2.05, 4.69) is 0 Å². The smallest absolute Gasteiger partial charge is 0.207 e. The van der Waals surface area contributed by atoms with Gasteiger partial charge in [-0.2, -0.15) is 0 Å². The molecule has 0 amide bonds. The van der Waals surface area contributed by atoms with Gasteiger partial charge in [0.05, 0.1) is 0 Å². The predicted molar refractivity (Wildman–Crippen MR) is 60.5 cm³/mol. The molecule has 1 unspecified atom stereocenters. The fourth-order valence-corrected chi connectivity index (χ4v) is 1.68. The van der Waals surface area contributed by atoms with E-state index in [0.29, 0.717) is 0 Å². The molecular weight excluding hydrogens is 210 g/mol. The molecule has 3 heteroatoms. The summed E-state index contributed by atoms with van der Waals surface area (Å²) in [6, 6.07) is 13.7. The van der Waals surface area contributed by atoms with E-state index in [1.807, 2.05) is 24.3 Å². The number of halogens is 1. The fourth-order valence-electron chi connectivity index (χ4n) is 1.37. The molecule has 2 aromatic carbocycles. The molecule has 74 valence electrons. The molecule has 2 rings (SSSR count). The van der Waals surface area contributed by atoms with Gasteiger partial charge in [0.25, 0.3) is 0 Å². The average Bonchev–Trinajstić information content (AvgIpc) is 2.30.